The van der Waals surface area contributed by atoms with Crippen LogP contribution in [0.15, 0.2) is 0 Å². The normalized spacial score (nSPS) is 25.8. The molecule has 0 bridgehead atoms. The van der Waals surface area contributed by atoms with Gasteiger partial charge in [-0.25, -0.2) is 0 Å². The monoisotopic (exact) mass is 281 g/mol. The maximum atomic E-state index is 3.46. The van der Waals surface area contributed by atoms with Gasteiger partial charge in [0, 0.05) is 38.3 Å². The van der Waals surface area contributed by atoms with Gasteiger partial charge in [0.05, 0.1) is 0 Å². The minimum atomic E-state index is 0.320. The summed E-state index contributed by atoms with van der Waals surface area (Å²) in [6, 6.07) is 0. The number of piperidine rings is 1. The molecule has 0 aliphatic carbocycles. The van der Waals surface area contributed by atoms with Crippen LogP contribution in [0.3, 0.4) is 0 Å². The van der Waals surface area contributed by atoms with Gasteiger partial charge in [0.1, 0.15) is 0 Å². The molecule has 2 saturated heterocycles. The van der Waals surface area contributed by atoms with Gasteiger partial charge in [-0.2, -0.15) is 0 Å². The molecule has 0 aromatic heterocycles. The van der Waals surface area contributed by atoms with E-state index in [2.05, 4.69) is 42.8 Å². The first-order valence-corrected chi connectivity index (χ1v) is 8.69. The highest BCUT2D eigenvalue weighted by molar-refractivity contribution is 4.91. The second-order valence-electron chi connectivity index (χ2n) is 7.53. The van der Waals surface area contributed by atoms with E-state index >= 15 is 0 Å². The van der Waals surface area contributed by atoms with Crippen LogP contribution in [-0.2, 0) is 0 Å². The lowest BCUT2D eigenvalue weighted by atomic mass is 9.74. The predicted octanol–water partition coefficient (Wildman–Crippen LogP) is 2.57. The van der Waals surface area contributed by atoms with Crippen molar-refractivity contribution in [1.29, 1.82) is 0 Å². The fourth-order valence-corrected chi connectivity index (χ4v) is 4.06. The molecule has 0 radical (unpaired) electrons. The van der Waals surface area contributed by atoms with Gasteiger partial charge in [-0.05, 0) is 45.2 Å². The van der Waals surface area contributed by atoms with Crippen molar-refractivity contribution in [3.05, 3.63) is 0 Å². The summed E-state index contributed by atoms with van der Waals surface area (Å²) < 4.78 is 0. The van der Waals surface area contributed by atoms with Crippen molar-refractivity contribution in [2.75, 3.05) is 45.8 Å². The first-order valence-electron chi connectivity index (χ1n) is 8.69. The third kappa shape index (κ3) is 3.75. The Kier molecular flexibility index (Phi) is 5.49. The van der Waals surface area contributed by atoms with E-state index in [1.54, 1.807) is 0 Å². The summed E-state index contributed by atoms with van der Waals surface area (Å²) in [6.45, 7) is 18.2. The Labute approximate surface area is 126 Å². The van der Waals surface area contributed by atoms with Gasteiger partial charge in [-0.1, -0.05) is 26.7 Å². The Hall–Kier alpha value is -0.120. The second kappa shape index (κ2) is 6.76. The lowest BCUT2D eigenvalue weighted by molar-refractivity contribution is 0.0294. The molecule has 1 N–H and O–H groups in total. The van der Waals surface area contributed by atoms with Crippen LogP contribution in [0.4, 0.5) is 0 Å². The van der Waals surface area contributed by atoms with Crippen molar-refractivity contribution in [3.63, 3.8) is 0 Å². The summed E-state index contributed by atoms with van der Waals surface area (Å²) in [4.78, 5) is 5.39. The first-order chi connectivity index (χ1) is 9.51. The summed E-state index contributed by atoms with van der Waals surface area (Å²) in [5, 5.41) is 3.46. The Morgan fingerprint density at radius 1 is 0.950 bits per heavy atom. The number of nitrogens with zero attached hydrogens (tertiary/aromatic N) is 2. The second-order valence-corrected chi connectivity index (χ2v) is 7.53. The number of piperazine rings is 1. The summed E-state index contributed by atoms with van der Waals surface area (Å²) >= 11 is 0. The molecule has 3 heteroatoms. The highest BCUT2D eigenvalue weighted by atomic mass is 15.3. The van der Waals surface area contributed by atoms with E-state index in [4.69, 9.17) is 0 Å². The number of rotatable bonds is 5. The van der Waals surface area contributed by atoms with E-state index in [0.717, 1.165) is 13.1 Å². The highest BCUT2D eigenvalue weighted by Crippen LogP contribution is 2.38. The summed E-state index contributed by atoms with van der Waals surface area (Å²) in [5.41, 5.74) is 0.968. The molecule has 2 fully saturated rings. The molecule has 0 amide bonds. The molecule has 0 aromatic rings. The van der Waals surface area contributed by atoms with E-state index in [9.17, 15) is 0 Å². The third-order valence-corrected chi connectivity index (χ3v) is 6.00. The van der Waals surface area contributed by atoms with Crippen molar-refractivity contribution in [1.82, 2.24) is 15.1 Å². The zero-order valence-corrected chi connectivity index (χ0v) is 14.2. The van der Waals surface area contributed by atoms with Crippen molar-refractivity contribution < 1.29 is 0 Å². The lowest BCUT2D eigenvalue weighted by Crippen LogP contribution is -2.58. The fourth-order valence-electron chi connectivity index (χ4n) is 4.06. The first kappa shape index (κ1) is 16.3. The molecule has 0 spiro atoms. The largest absolute Gasteiger partial charge is 0.314 e. The molecule has 0 atom stereocenters. The average molecular weight is 281 g/mol. The highest BCUT2D eigenvalue weighted by Gasteiger charge is 2.35. The molecule has 20 heavy (non-hydrogen) atoms. The molecule has 118 valence electrons. The number of hydrogen-bond donors (Lipinski definition) is 1. The van der Waals surface area contributed by atoms with Crippen LogP contribution in [0.25, 0.3) is 0 Å². The van der Waals surface area contributed by atoms with Gasteiger partial charge in [0.15, 0.2) is 0 Å². The average Bonchev–Trinajstić information content (AvgIpc) is 2.49. The predicted molar refractivity (Wildman–Crippen MR) is 87.2 cm³/mol. The smallest absolute Gasteiger partial charge is 0.0281 e. The van der Waals surface area contributed by atoms with Crippen molar-refractivity contribution >= 4 is 0 Å². The maximum absolute atomic E-state index is 3.46. The van der Waals surface area contributed by atoms with Crippen LogP contribution in [-0.4, -0.2) is 61.2 Å². The van der Waals surface area contributed by atoms with E-state index in [1.807, 2.05) is 0 Å². The Morgan fingerprint density at radius 3 is 2.00 bits per heavy atom. The SMILES string of the molecule is CCC1(CC)CCN(CC(C)(C)N2CCNCC2)CC1. The van der Waals surface area contributed by atoms with E-state index in [1.165, 1.54) is 58.4 Å². The van der Waals surface area contributed by atoms with E-state index in [0.29, 0.717) is 11.0 Å². The zero-order valence-electron chi connectivity index (χ0n) is 14.2. The number of likely N-dealkylation sites (tertiary alicyclic amines) is 1. The topological polar surface area (TPSA) is 18.5 Å². The molecule has 0 aromatic carbocycles. The standard InChI is InChI=1S/C17H35N3/c1-5-17(6-2)7-11-19(12-8-17)15-16(3,4)20-13-9-18-10-14-20/h18H,5-15H2,1-4H3. The molecular formula is C17H35N3. The van der Waals surface area contributed by atoms with Gasteiger partial charge >= 0.3 is 0 Å². The summed E-state index contributed by atoms with van der Waals surface area (Å²) in [5.74, 6) is 0. The quantitative estimate of drug-likeness (QED) is 0.835. The van der Waals surface area contributed by atoms with Gasteiger partial charge in [0.2, 0.25) is 0 Å². The summed E-state index contributed by atoms with van der Waals surface area (Å²) in [7, 11) is 0. The molecule has 2 rings (SSSR count). The van der Waals surface area contributed by atoms with Crippen LogP contribution < -0.4 is 5.32 Å². The molecule has 3 nitrogen and oxygen atoms in total. The maximum Gasteiger partial charge on any atom is 0.0281 e. The summed E-state index contributed by atoms with van der Waals surface area (Å²) in [6.07, 6.45) is 5.52. The number of nitrogens with one attached hydrogen (secondary N) is 1. The Bertz CT molecular complexity index is 281. The third-order valence-electron chi connectivity index (χ3n) is 6.00. The number of hydrogen-bond acceptors (Lipinski definition) is 3. The van der Waals surface area contributed by atoms with E-state index in [-0.39, 0.29) is 0 Å². The molecule has 0 unspecified atom stereocenters. The molecular weight excluding hydrogens is 246 g/mol. The van der Waals surface area contributed by atoms with Crippen LogP contribution >= 0.6 is 0 Å². The Morgan fingerprint density at radius 2 is 1.50 bits per heavy atom. The van der Waals surface area contributed by atoms with Crippen molar-refractivity contribution in [3.8, 4) is 0 Å². The van der Waals surface area contributed by atoms with Crippen molar-refractivity contribution in [2.24, 2.45) is 5.41 Å². The Balaban J connectivity index is 1.84. The van der Waals surface area contributed by atoms with Crippen LogP contribution in [0.5, 0.6) is 0 Å². The molecule has 2 aliphatic heterocycles. The zero-order chi connectivity index (χ0) is 14.6. The molecule has 2 heterocycles. The van der Waals surface area contributed by atoms with Crippen LogP contribution in [0, 0.1) is 5.41 Å². The van der Waals surface area contributed by atoms with Crippen molar-refractivity contribution in [2.45, 2.75) is 58.9 Å². The lowest BCUT2D eigenvalue weighted by Gasteiger charge is -2.47. The van der Waals surface area contributed by atoms with Gasteiger partial charge in [0.25, 0.3) is 0 Å². The minimum absolute atomic E-state index is 0.320. The van der Waals surface area contributed by atoms with Gasteiger partial charge < -0.3 is 10.2 Å². The van der Waals surface area contributed by atoms with Gasteiger partial charge in [-0.3, -0.25) is 4.90 Å². The van der Waals surface area contributed by atoms with E-state index < -0.39 is 0 Å². The minimum Gasteiger partial charge on any atom is -0.314 e. The van der Waals surface area contributed by atoms with Crippen LogP contribution in [0.1, 0.15) is 53.4 Å². The molecule has 2 aliphatic rings. The van der Waals surface area contributed by atoms with Gasteiger partial charge in [-0.15, -0.1) is 0 Å². The fraction of sp³-hybridized carbons (Fsp3) is 1.00. The molecule has 0 saturated carbocycles. The van der Waals surface area contributed by atoms with Crippen LogP contribution in [0.2, 0.25) is 0 Å².